The van der Waals surface area contributed by atoms with Crippen LogP contribution >= 0.6 is 0 Å². The molecular formula is C27H30F3N3O3. The van der Waals surface area contributed by atoms with Crippen molar-refractivity contribution in [2.75, 3.05) is 14.1 Å². The van der Waals surface area contributed by atoms with E-state index in [-0.39, 0.29) is 23.9 Å². The zero-order chi connectivity index (χ0) is 26.6. The predicted molar refractivity (Wildman–Crippen MR) is 134 cm³/mol. The van der Waals surface area contributed by atoms with E-state index in [4.69, 9.17) is 0 Å². The molecule has 0 aliphatic carbocycles. The number of rotatable bonds is 9. The quantitative estimate of drug-likeness (QED) is 0.234. The number of hydrogen-bond acceptors (Lipinski definition) is 3. The lowest BCUT2D eigenvalue weighted by Gasteiger charge is -2.18. The number of likely N-dealkylation sites (N-methyl/N-ethyl adjacent to an activating group) is 1. The molecule has 0 N–H and O–H groups in total. The molecule has 1 unspecified atom stereocenters. The number of carbonyl (C=O) groups excluding carboxylic acids is 2. The van der Waals surface area contributed by atoms with Crippen LogP contribution in [0.3, 0.4) is 0 Å². The summed E-state index contributed by atoms with van der Waals surface area (Å²) >= 11 is 0. The molecule has 36 heavy (non-hydrogen) atoms. The van der Waals surface area contributed by atoms with Gasteiger partial charge in [-0.25, -0.2) is 0 Å². The summed E-state index contributed by atoms with van der Waals surface area (Å²) in [6, 6.07) is 9.65. The highest BCUT2D eigenvalue weighted by Gasteiger charge is 2.31. The SMILES string of the molecule is CCCCCC(C)c1c(-c2ccc(C(F)(F)F)cc2)n(CC(=O)N(C)C)c2cc(C(=O)N=O)ccc12. The number of aromatic nitrogens is 1. The van der Waals surface area contributed by atoms with Crippen molar-refractivity contribution in [3.63, 3.8) is 0 Å². The summed E-state index contributed by atoms with van der Waals surface area (Å²) in [7, 11) is 3.23. The maximum atomic E-state index is 13.2. The molecule has 1 aromatic heterocycles. The summed E-state index contributed by atoms with van der Waals surface area (Å²) in [4.78, 5) is 37.2. The number of nitroso groups, excluding NO2 is 1. The fourth-order valence-corrected chi connectivity index (χ4v) is 4.47. The van der Waals surface area contributed by atoms with E-state index in [0.29, 0.717) is 16.8 Å². The van der Waals surface area contributed by atoms with Gasteiger partial charge in [0.1, 0.15) is 6.54 Å². The Morgan fingerprint density at radius 3 is 2.28 bits per heavy atom. The Labute approximate surface area is 208 Å². The average Bonchev–Trinajstić information content (AvgIpc) is 3.16. The van der Waals surface area contributed by atoms with E-state index in [1.165, 1.54) is 29.2 Å². The van der Waals surface area contributed by atoms with Crippen LogP contribution in [0.1, 0.15) is 66.9 Å². The molecule has 0 aliphatic heterocycles. The summed E-state index contributed by atoms with van der Waals surface area (Å²) < 4.78 is 41.5. The predicted octanol–water partition coefficient (Wildman–Crippen LogP) is 7.01. The number of carbonyl (C=O) groups is 2. The number of nitrogens with zero attached hydrogens (tertiary/aromatic N) is 3. The van der Waals surface area contributed by atoms with Gasteiger partial charge in [-0.15, -0.1) is 4.91 Å². The zero-order valence-corrected chi connectivity index (χ0v) is 20.9. The molecule has 2 aromatic carbocycles. The highest BCUT2D eigenvalue weighted by Crippen LogP contribution is 2.41. The van der Waals surface area contributed by atoms with Gasteiger partial charge in [-0.2, -0.15) is 13.2 Å². The first-order chi connectivity index (χ1) is 17.0. The second-order valence-electron chi connectivity index (χ2n) is 9.24. The average molecular weight is 502 g/mol. The zero-order valence-electron chi connectivity index (χ0n) is 20.9. The third kappa shape index (κ3) is 5.66. The van der Waals surface area contributed by atoms with Gasteiger partial charge in [-0.3, -0.25) is 9.59 Å². The molecule has 0 saturated heterocycles. The molecule has 0 fully saturated rings. The summed E-state index contributed by atoms with van der Waals surface area (Å²) in [6.07, 6.45) is -0.569. The number of fused-ring (bicyclic) bond motifs is 1. The monoisotopic (exact) mass is 501 g/mol. The van der Waals surface area contributed by atoms with Crippen LogP contribution in [0.25, 0.3) is 22.2 Å². The van der Waals surface area contributed by atoms with E-state index in [2.05, 4.69) is 19.0 Å². The molecule has 1 atom stereocenters. The molecule has 0 aliphatic rings. The molecule has 2 amide bonds. The van der Waals surface area contributed by atoms with Crippen molar-refractivity contribution in [2.45, 2.75) is 58.2 Å². The topological polar surface area (TPSA) is 71.7 Å². The minimum absolute atomic E-state index is 0.0257. The molecule has 0 bridgehead atoms. The molecule has 1 heterocycles. The Morgan fingerprint density at radius 1 is 1.06 bits per heavy atom. The van der Waals surface area contributed by atoms with Crippen molar-refractivity contribution in [3.8, 4) is 11.3 Å². The molecule has 9 heteroatoms. The summed E-state index contributed by atoms with van der Waals surface area (Å²) in [5.74, 6) is -1.13. The number of hydrogen-bond donors (Lipinski definition) is 0. The lowest BCUT2D eigenvalue weighted by molar-refractivity contribution is -0.137. The van der Waals surface area contributed by atoms with Crippen molar-refractivity contribution < 1.29 is 22.8 Å². The first kappa shape index (κ1) is 27.1. The maximum Gasteiger partial charge on any atom is 0.416 e. The largest absolute Gasteiger partial charge is 0.416 e. The Bertz CT molecular complexity index is 1260. The maximum absolute atomic E-state index is 13.2. The number of alkyl halides is 3. The minimum Gasteiger partial charge on any atom is -0.347 e. The van der Waals surface area contributed by atoms with Crippen LogP contribution in [0.4, 0.5) is 13.2 Å². The molecule has 0 saturated carbocycles. The third-order valence-corrected chi connectivity index (χ3v) is 6.44. The Morgan fingerprint density at radius 2 is 1.72 bits per heavy atom. The first-order valence-electron chi connectivity index (χ1n) is 11.9. The molecule has 3 aromatic rings. The van der Waals surface area contributed by atoms with E-state index < -0.39 is 17.6 Å². The van der Waals surface area contributed by atoms with Crippen LogP contribution in [-0.4, -0.2) is 35.4 Å². The summed E-state index contributed by atoms with van der Waals surface area (Å²) in [6.45, 7) is 4.08. The van der Waals surface area contributed by atoms with E-state index in [9.17, 15) is 27.7 Å². The van der Waals surface area contributed by atoms with Gasteiger partial charge in [0.05, 0.1) is 16.8 Å². The lowest BCUT2D eigenvalue weighted by Crippen LogP contribution is -2.26. The lowest BCUT2D eigenvalue weighted by atomic mass is 9.90. The van der Waals surface area contributed by atoms with E-state index in [0.717, 1.165) is 48.8 Å². The van der Waals surface area contributed by atoms with Crippen LogP contribution < -0.4 is 0 Å². The van der Waals surface area contributed by atoms with Gasteiger partial charge >= 0.3 is 12.1 Å². The van der Waals surface area contributed by atoms with Crippen molar-refractivity contribution in [1.82, 2.24) is 9.47 Å². The van der Waals surface area contributed by atoms with Gasteiger partial charge in [0.2, 0.25) is 5.91 Å². The second-order valence-corrected chi connectivity index (χ2v) is 9.24. The van der Waals surface area contributed by atoms with Gasteiger partial charge in [-0.05, 0) is 47.7 Å². The molecule has 192 valence electrons. The van der Waals surface area contributed by atoms with Gasteiger partial charge < -0.3 is 9.47 Å². The number of benzene rings is 2. The van der Waals surface area contributed by atoms with Gasteiger partial charge in [0, 0.05) is 30.2 Å². The Hall–Kier alpha value is -3.49. The third-order valence-electron chi connectivity index (χ3n) is 6.44. The second kappa shape index (κ2) is 11.1. The van der Waals surface area contributed by atoms with E-state index in [1.54, 1.807) is 24.7 Å². The van der Waals surface area contributed by atoms with Crippen molar-refractivity contribution in [1.29, 1.82) is 0 Å². The van der Waals surface area contributed by atoms with Gasteiger partial charge in [-0.1, -0.05) is 51.3 Å². The van der Waals surface area contributed by atoms with Gasteiger partial charge in [0.15, 0.2) is 0 Å². The minimum atomic E-state index is -4.47. The highest BCUT2D eigenvalue weighted by molar-refractivity contribution is 6.01. The van der Waals surface area contributed by atoms with Gasteiger partial charge in [0.25, 0.3) is 0 Å². The number of amides is 2. The van der Waals surface area contributed by atoms with E-state index in [1.807, 2.05) is 0 Å². The Kier molecular flexibility index (Phi) is 8.32. The van der Waals surface area contributed by atoms with Crippen LogP contribution in [0.2, 0.25) is 0 Å². The fraction of sp³-hybridized carbons (Fsp3) is 0.407. The molecule has 0 radical (unpaired) electrons. The Balaban J connectivity index is 2.33. The van der Waals surface area contributed by atoms with Crippen LogP contribution in [0.15, 0.2) is 47.6 Å². The summed E-state index contributed by atoms with van der Waals surface area (Å²) in [5, 5.41) is 3.29. The highest BCUT2D eigenvalue weighted by atomic mass is 19.4. The van der Waals surface area contributed by atoms with Crippen molar-refractivity contribution >= 4 is 22.7 Å². The first-order valence-corrected chi connectivity index (χ1v) is 11.9. The normalized spacial score (nSPS) is 12.5. The molecule has 3 rings (SSSR count). The fourth-order valence-electron chi connectivity index (χ4n) is 4.47. The smallest absolute Gasteiger partial charge is 0.347 e. The van der Waals surface area contributed by atoms with Crippen LogP contribution in [0, 0.1) is 4.91 Å². The molecule has 0 spiro atoms. The number of unbranched alkanes of at least 4 members (excludes halogenated alkanes) is 2. The van der Waals surface area contributed by atoms with Crippen molar-refractivity contribution in [3.05, 3.63) is 64.1 Å². The standard InChI is InChI=1S/C27H30F3N3O3/c1-5-6-7-8-17(2)24-21-14-11-19(26(35)31-36)15-22(21)33(16-23(34)32(3)4)25(24)18-9-12-20(13-10-18)27(28,29)30/h9-15,17H,5-8,16H2,1-4H3. The van der Waals surface area contributed by atoms with Crippen molar-refractivity contribution in [2.24, 2.45) is 5.18 Å². The van der Waals surface area contributed by atoms with Crippen LogP contribution in [-0.2, 0) is 17.5 Å². The summed E-state index contributed by atoms with van der Waals surface area (Å²) in [5.41, 5.74) is 1.92. The van der Waals surface area contributed by atoms with Crippen LogP contribution in [0.5, 0.6) is 0 Å². The molecular weight excluding hydrogens is 471 g/mol. The number of halogens is 3. The molecule has 6 nitrogen and oxygen atoms in total. The van der Waals surface area contributed by atoms with E-state index >= 15 is 0 Å².